The summed E-state index contributed by atoms with van der Waals surface area (Å²) < 4.78 is 23.8. The molecular formula is C4H5Br2F2O. The summed E-state index contributed by atoms with van der Waals surface area (Å²) in [4.78, 5) is -3.56. The molecule has 55 valence electrons. The Kier molecular flexibility index (Phi) is 4.16. The zero-order valence-corrected chi connectivity index (χ0v) is 7.58. The van der Waals surface area contributed by atoms with Gasteiger partial charge in [0.2, 0.25) is 0 Å². The lowest BCUT2D eigenvalue weighted by molar-refractivity contribution is 0.0891. The maximum atomic E-state index is 11.9. The first-order chi connectivity index (χ1) is 3.95. The van der Waals surface area contributed by atoms with E-state index in [0.717, 1.165) is 0 Å². The Labute approximate surface area is 68.7 Å². The van der Waals surface area contributed by atoms with Crippen molar-refractivity contribution in [1.29, 1.82) is 0 Å². The molecule has 0 aliphatic rings. The summed E-state index contributed by atoms with van der Waals surface area (Å²) in [5.41, 5.74) is 0. The number of rotatable bonds is 3. The van der Waals surface area contributed by atoms with Crippen molar-refractivity contribution >= 4 is 31.9 Å². The van der Waals surface area contributed by atoms with E-state index in [9.17, 15) is 13.9 Å². The Morgan fingerprint density at radius 1 is 1.56 bits per heavy atom. The summed E-state index contributed by atoms with van der Waals surface area (Å²) in [7, 11) is 0. The van der Waals surface area contributed by atoms with Gasteiger partial charge in [0.15, 0.2) is 0 Å². The van der Waals surface area contributed by atoms with E-state index in [4.69, 9.17) is 0 Å². The van der Waals surface area contributed by atoms with Gasteiger partial charge < -0.3 is 0 Å². The van der Waals surface area contributed by atoms with Crippen LogP contribution in [0.25, 0.3) is 0 Å². The summed E-state index contributed by atoms with van der Waals surface area (Å²) in [6.45, 7) is -0.527. The standard InChI is InChI=1S/C4H5Br2F2O/c5-3(2-9)1-4(6,7)8/h3H,1-2H2. The van der Waals surface area contributed by atoms with Crippen molar-refractivity contribution in [3.05, 3.63) is 0 Å². The average Bonchev–Trinajstić information content (AvgIpc) is 1.62. The van der Waals surface area contributed by atoms with Crippen LogP contribution >= 0.6 is 31.9 Å². The fourth-order valence-corrected chi connectivity index (χ4v) is 1.54. The highest BCUT2D eigenvalue weighted by molar-refractivity contribution is 9.10. The highest BCUT2D eigenvalue weighted by atomic mass is 79.9. The molecule has 0 aliphatic heterocycles. The Morgan fingerprint density at radius 2 is 2.00 bits per heavy atom. The van der Waals surface area contributed by atoms with Gasteiger partial charge in [-0.1, -0.05) is 15.9 Å². The third kappa shape index (κ3) is 6.67. The maximum absolute atomic E-state index is 11.9. The van der Waals surface area contributed by atoms with E-state index in [1.165, 1.54) is 0 Å². The van der Waals surface area contributed by atoms with Crippen molar-refractivity contribution in [2.75, 3.05) is 6.61 Å². The van der Waals surface area contributed by atoms with Gasteiger partial charge in [0.25, 0.3) is 0 Å². The van der Waals surface area contributed by atoms with Crippen LogP contribution < -0.4 is 0 Å². The monoisotopic (exact) mass is 265 g/mol. The molecular weight excluding hydrogens is 262 g/mol. The van der Waals surface area contributed by atoms with Crippen LogP contribution in [0.4, 0.5) is 8.78 Å². The molecule has 0 fully saturated rings. The molecule has 0 aliphatic carbocycles. The van der Waals surface area contributed by atoms with Crippen LogP contribution in [-0.4, -0.2) is 16.3 Å². The molecule has 0 N–H and O–H groups in total. The summed E-state index contributed by atoms with van der Waals surface area (Å²) >= 11 is 4.91. The first kappa shape index (κ1) is 9.78. The van der Waals surface area contributed by atoms with Crippen molar-refractivity contribution in [3.8, 4) is 0 Å². The van der Waals surface area contributed by atoms with Gasteiger partial charge in [0.05, 0.1) is 6.61 Å². The van der Waals surface area contributed by atoms with Crippen LogP contribution in [0.1, 0.15) is 6.42 Å². The van der Waals surface area contributed by atoms with Crippen LogP contribution in [0.2, 0.25) is 0 Å². The minimum atomic E-state index is -2.91. The third-order valence-electron chi connectivity index (χ3n) is 0.634. The van der Waals surface area contributed by atoms with E-state index in [1.807, 2.05) is 0 Å². The molecule has 0 amide bonds. The maximum Gasteiger partial charge on any atom is 0.302 e. The molecule has 0 heterocycles. The predicted octanol–water partition coefficient (Wildman–Crippen LogP) is 2.56. The fraction of sp³-hybridized carbons (Fsp3) is 1.00. The van der Waals surface area contributed by atoms with E-state index in [-0.39, 0.29) is 0 Å². The van der Waals surface area contributed by atoms with Gasteiger partial charge >= 0.3 is 4.83 Å². The van der Waals surface area contributed by atoms with Gasteiger partial charge in [-0.2, -0.15) is 8.78 Å². The van der Waals surface area contributed by atoms with E-state index in [1.54, 1.807) is 0 Å². The van der Waals surface area contributed by atoms with Crippen LogP contribution in [0.3, 0.4) is 0 Å². The van der Waals surface area contributed by atoms with Crippen LogP contribution in [0.5, 0.6) is 0 Å². The zero-order chi connectivity index (χ0) is 7.49. The number of hydrogen-bond acceptors (Lipinski definition) is 0. The topological polar surface area (TPSA) is 19.9 Å². The molecule has 0 spiro atoms. The first-order valence-corrected chi connectivity index (χ1v) is 3.95. The Morgan fingerprint density at radius 3 is 2.11 bits per heavy atom. The van der Waals surface area contributed by atoms with Crippen LogP contribution in [0.15, 0.2) is 0 Å². The lowest BCUT2D eigenvalue weighted by Gasteiger charge is -2.09. The van der Waals surface area contributed by atoms with Gasteiger partial charge in [-0.3, -0.25) is 0 Å². The SMILES string of the molecule is [O]CC(Br)CC(F)(F)Br. The molecule has 0 saturated heterocycles. The molecule has 0 bridgehead atoms. The number of hydrogen-bond donors (Lipinski definition) is 0. The molecule has 5 heteroatoms. The summed E-state index contributed by atoms with van der Waals surface area (Å²) in [5, 5.41) is 9.91. The molecule has 0 saturated carbocycles. The molecule has 9 heavy (non-hydrogen) atoms. The molecule has 1 unspecified atom stereocenters. The summed E-state index contributed by atoms with van der Waals surface area (Å²) in [6.07, 6.45) is -0.462. The van der Waals surface area contributed by atoms with E-state index < -0.39 is 22.7 Å². The third-order valence-corrected chi connectivity index (χ3v) is 1.55. The van der Waals surface area contributed by atoms with Crippen molar-refractivity contribution in [1.82, 2.24) is 0 Å². The number of halogens is 4. The molecule has 1 radical (unpaired) electrons. The van der Waals surface area contributed by atoms with Crippen LogP contribution in [-0.2, 0) is 5.11 Å². The first-order valence-electron chi connectivity index (χ1n) is 2.24. The molecule has 0 aromatic rings. The lowest BCUT2D eigenvalue weighted by Crippen LogP contribution is -2.15. The average molecular weight is 267 g/mol. The van der Waals surface area contributed by atoms with Crippen molar-refractivity contribution < 1.29 is 13.9 Å². The Hall–Kier alpha value is 0.780. The van der Waals surface area contributed by atoms with Crippen molar-refractivity contribution in [2.24, 2.45) is 0 Å². The second-order valence-corrected chi connectivity index (χ2v) is 4.04. The molecule has 1 nitrogen and oxygen atoms in total. The summed E-state index contributed by atoms with van der Waals surface area (Å²) in [5.74, 6) is 0. The largest absolute Gasteiger partial charge is 0.302 e. The zero-order valence-electron chi connectivity index (χ0n) is 4.41. The van der Waals surface area contributed by atoms with E-state index in [0.29, 0.717) is 0 Å². The second-order valence-electron chi connectivity index (χ2n) is 1.58. The number of alkyl halides is 4. The van der Waals surface area contributed by atoms with Crippen LogP contribution in [0, 0.1) is 0 Å². The molecule has 0 aromatic carbocycles. The van der Waals surface area contributed by atoms with Gasteiger partial charge in [-0.05, 0) is 15.9 Å². The minimum Gasteiger partial charge on any atom is -0.236 e. The second kappa shape index (κ2) is 3.83. The fourth-order valence-electron chi connectivity index (χ4n) is 0.310. The Balaban J connectivity index is 3.47. The molecule has 1 atom stereocenters. The van der Waals surface area contributed by atoms with Crippen molar-refractivity contribution in [2.45, 2.75) is 16.1 Å². The predicted molar refractivity (Wildman–Crippen MR) is 36.8 cm³/mol. The van der Waals surface area contributed by atoms with Gasteiger partial charge in [0.1, 0.15) is 0 Å². The quantitative estimate of drug-likeness (QED) is 0.700. The van der Waals surface area contributed by atoms with E-state index in [2.05, 4.69) is 31.9 Å². The van der Waals surface area contributed by atoms with Gasteiger partial charge in [0, 0.05) is 11.2 Å². The minimum absolute atomic E-state index is 0.462. The lowest BCUT2D eigenvalue weighted by atomic mass is 10.3. The van der Waals surface area contributed by atoms with Gasteiger partial charge in [-0.25, -0.2) is 5.11 Å². The highest BCUT2D eigenvalue weighted by Gasteiger charge is 2.27. The van der Waals surface area contributed by atoms with Crippen molar-refractivity contribution in [3.63, 3.8) is 0 Å². The normalized spacial score (nSPS) is 15.7. The molecule has 0 rings (SSSR count). The Bertz CT molecular complexity index is 83.1. The van der Waals surface area contributed by atoms with Gasteiger partial charge in [-0.15, -0.1) is 0 Å². The smallest absolute Gasteiger partial charge is 0.236 e. The molecule has 0 aromatic heterocycles. The summed E-state index contributed by atoms with van der Waals surface area (Å²) in [6, 6.07) is 0. The van der Waals surface area contributed by atoms with E-state index >= 15 is 0 Å². The highest BCUT2D eigenvalue weighted by Crippen LogP contribution is 2.29.